The highest BCUT2D eigenvalue weighted by Gasteiger charge is 2.27. The number of nitrogens with zero attached hydrogens (tertiary/aromatic N) is 4. The van der Waals surface area contributed by atoms with Gasteiger partial charge in [-0.3, -0.25) is 4.79 Å². The van der Waals surface area contributed by atoms with Crippen molar-refractivity contribution in [1.29, 1.82) is 0 Å². The lowest BCUT2D eigenvalue weighted by Crippen LogP contribution is -2.38. The molecule has 0 radical (unpaired) electrons. The van der Waals surface area contributed by atoms with Gasteiger partial charge in [0.2, 0.25) is 0 Å². The lowest BCUT2D eigenvalue weighted by Gasteiger charge is -2.32. The number of fused-ring (bicyclic) bond motifs is 1. The Labute approximate surface area is 166 Å². The van der Waals surface area contributed by atoms with Crippen LogP contribution in [0.25, 0.3) is 0 Å². The highest BCUT2D eigenvalue weighted by molar-refractivity contribution is 5.94. The van der Waals surface area contributed by atoms with Crippen molar-refractivity contribution in [1.82, 2.24) is 19.8 Å². The third-order valence-electron chi connectivity index (χ3n) is 5.80. The van der Waals surface area contributed by atoms with Crippen molar-refractivity contribution in [2.45, 2.75) is 38.3 Å². The Morgan fingerprint density at radius 3 is 2.64 bits per heavy atom. The molecular weight excluding hydrogens is 352 g/mol. The summed E-state index contributed by atoms with van der Waals surface area (Å²) in [5.74, 6) is 1.41. The van der Waals surface area contributed by atoms with Gasteiger partial charge in [-0.05, 0) is 37.6 Å². The molecule has 148 valence electrons. The summed E-state index contributed by atoms with van der Waals surface area (Å²) in [6, 6.07) is 7.71. The monoisotopic (exact) mass is 380 g/mol. The van der Waals surface area contributed by atoms with Gasteiger partial charge in [0.05, 0.1) is 6.61 Å². The first-order valence-electron chi connectivity index (χ1n) is 10.0. The first kappa shape index (κ1) is 19.0. The maximum atomic E-state index is 12.8. The van der Waals surface area contributed by atoms with E-state index in [2.05, 4.69) is 16.9 Å². The highest BCUT2D eigenvalue weighted by atomic mass is 16.5. The zero-order valence-electron chi connectivity index (χ0n) is 16.7. The Morgan fingerprint density at radius 1 is 1.18 bits per heavy atom. The fraction of sp³-hybridized carbons (Fsp3) is 0.500. The van der Waals surface area contributed by atoms with Gasteiger partial charge in [0.15, 0.2) is 0 Å². The van der Waals surface area contributed by atoms with E-state index >= 15 is 0 Å². The van der Waals surface area contributed by atoms with Crippen molar-refractivity contribution >= 4 is 5.91 Å². The van der Waals surface area contributed by atoms with Crippen LogP contribution in [0.1, 0.15) is 51.8 Å². The van der Waals surface area contributed by atoms with Crippen LogP contribution >= 0.6 is 0 Å². The Hall–Kier alpha value is -2.31. The number of likely N-dealkylation sites (N-methyl/N-ethyl adjacent to an activating group) is 1. The summed E-state index contributed by atoms with van der Waals surface area (Å²) in [5, 5.41) is 0. The van der Waals surface area contributed by atoms with E-state index < -0.39 is 0 Å². The first-order valence-corrected chi connectivity index (χ1v) is 10.0. The van der Waals surface area contributed by atoms with Crippen LogP contribution < -0.4 is 0 Å². The zero-order chi connectivity index (χ0) is 19.5. The normalized spacial score (nSPS) is 18.1. The lowest BCUT2D eigenvalue weighted by molar-refractivity contribution is 0.0711. The van der Waals surface area contributed by atoms with E-state index in [9.17, 15) is 4.79 Å². The standard InChI is InChI=1S/C22H28N4O2/c1-25-10-9-20-19(14-25)13-23-21(24-20)17-7-11-26(12-8-17)22(27)18-5-3-16(4-6-18)15-28-2/h3-6,13,17H,7-12,14-15H2,1-2H3. The van der Waals surface area contributed by atoms with Gasteiger partial charge in [0.1, 0.15) is 5.82 Å². The maximum absolute atomic E-state index is 12.8. The largest absolute Gasteiger partial charge is 0.380 e. The number of carbonyl (C=O) groups excluding carboxylic acids is 1. The smallest absolute Gasteiger partial charge is 0.253 e. The van der Waals surface area contributed by atoms with E-state index in [1.54, 1.807) is 7.11 Å². The molecule has 1 saturated heterocycles. The maximum Gasteiger partial charge on any atom is 0.253 e. The van der Waals surface area contributed by atoms with Crippen LogP contribution in [0.15, 0.2) is 30.5 Å². The molecular formula is C22H28N4O2. The van der Waals surface area contributed by atoms with Crippen LogP contribution in [0, 0.1) is 0 Å². The van der Waals surface area contributed by atoms with Crippen LogP contribution in [-0.2, 0) is 24.3 Å². The number of amides is 1. The molecule has 0 unspecified atom stereocenters. The Bertz CT molecular complexity index is 829. The molecule has 0 saturated carbocycles. The molecule has 1 aromatic carbocycles. The molecule has 1 fully saturated rings. The molecule has 4 rings (SSSR count). The Balaban J connectivity index is 1.37. The summed E-state index contributed by atoms with van der Waals surface area (Å²) in [7, 11) is 3.81. The van der Waals surface area contributed by atoms with E-state index in [-0.39, 0.29) is 5.91 Å². The number of aromatic nitrogens is 2. The predicted molar refractivity (Wildman–Crippen MR) is 107 cm³/mol. The second-order valence-corrected chi connectivity index (χ2v) is 7.88. The lowest BCUT2D eigenvalue weighted by atomic mass is 9.94. The molecule has 6 nitrogen and oxygen atoms in total. The quantitative estimate of drug-likeness (QED) is 0.816. The van der Waals surface area contributed by atoms with E-state index in [1.807, 2.05) is 35.4 Å². The summed E-state index contributed by atoms with van der Waals surface area (Å²) < 4.78 is 5.13. The average Bonchev–Trinajstić information content (AvgIpc) is 2.74. The van der Waals surface area contributed by atoms with E-state index in [1.165, 1.54) is 11.3 Å². The molecule has 1 amide bonds. The van der Waals surface area contributed by atoms with Gasteiger partial charge in [0, 0.05) is 68.6 Å². The highest BCUT2D eigenvalue weighted by Crippen LogP contribution is 2.28. The van der Waals surface area contributed by atoms with Crippen molar-refractivity contribution in [2.75, 3.05) is 33.8 Å². The average molecular weight is 380 g/mol. The molecule has 0 atom stereocenters. The van der Waals surface area contributed by atoms with Crippen molar-refractivity contribution in [2.24, 2.45) is 0 Å². The minimum Gasteiger partial charge on any atom is -0.380 e. The van der Waals surface area contributed by atoms with Gasteiger partial charge < -0.3 is 14.5 Å². The number of ether oxygens (including phenoxy) is 1. The fourth-order valence-corrected chi connectivity index (χ4v) is 4.10. The van der Waals surface area contributed by atoms with Crippen LogP contribution in [0.4, 0.5) is 0 Å². The molecule has 3 heterocycles. The summed E-state index contributed by atoms with van der Waals surface area (Å²) in [4.78, 5) is 26.6. The van der Waals surface area contributed by atoms with E-state index in [0.29, 0.717) is 12.5 Å². The van der Waals surface area contributed by atoms with Gasteiger partial charge in [-0.2, -0.15) is 0 Å². The van der Waals surface area contributed by atoms with Crippen LogP contribution in [0.2, 0.25) is 0 Å². The molecule has 0 N–H and O–H groups in total. The molecule has 6 heteroatoms. The topological polar surface area (TPSA) is 58.6 Å². The second kappa shape index (κ2) is 8.37. The van der Waals surface area contributed by atoms with Crippen LogP contribution in [0.3, 0.4) is 0 Å². The molecule has 2 aliphatic rings. The number of benzene rings is 1. The van der Waals surface area contributed by atoms with Gasteiger partial charge in [-0.25, -0.2) is 9.97 Å². The fourth-order valence-electron chi connectivity index (χ4n) is 4.10. The first-order chi connectivity index (χ1) is 13.6. The predicted octanol–water partition coefficient (Wildman–Crippen LogP) is 2.63. The molecule has 28 heavy (non-hydrogen) atoms. The molecule has 0 bridgehead atoms. The molecule has 2 aromatic rings. The number of rotatable bonds is 4. The zero-order valence-corrected chi connectivity index (χ0v) is 16.7. The van der Waals surface area contributed by atoms with Gasteiger partial charge >= 0.3 is 0 Å². The van der Waals surface area contributed by atoms with Crippen LogP contribution in [0.5, 0.6) is 0 Å². The van der Waals surface area contributed by atoms with E-state index in [0.717, 1.165) is 62.4 Å². The summed E-state index contributed by atoms with van der Waals surface area (Å²) in [6.07, 6.45) is 4.85. The number of hydrogen-bond acceptors (Lipinski definition) is 5. The molecule has 2 aliphatic heterocycles. The van der Waals surface area contributed by atoms with Crippen molar-refractivity contribution in [3.63, 3.8) is 0 Å². The van der Waals surface area contributed by atoms with Crippen molar-refractivity contribution in [3.05, 3.63) is 58.7 Å². The number of hydrogen-bond donors (Lipinski definition) is 0. The third-order valence-corrected chi connectivity index (χ3v) is 5.80. The third kappa shape index (κ3) is 4.08. The molecule has 1 aromatic heterocycles. The summed E-state index contributed by atoms with van der Waals surface area (Å²) >= 11 is 0. The number of likely N-dealkylation sites (tertiary alicyclic amines) is 1. The second-order valence-electron chi connectivity index (χ2n) is 7.88. The number of methoxy groups -OCH3 is 1. The Kier molecular flexibility index (Phi) is 5.69. The van der Waals surface area contributed by atoms with Gasteiger partial charge in [0.25, 0.3) is 5.91 Å². The minimum atomic E-state index is 0.108. The van der Waals surface area contributed by atoms with Crippen LogP contribution in [-0.4, -0.2) is 59.5 Å². The van der Waals surface area contributed by atoms with Crippen molar-refractivity contribution in [3.8, 4) is 0 Å². The van der Waals surface area contributed by atoms with Crippen molar-refractivity contribution < 1.29 is 9.53 Å². The SMILES string of the molecule is COCc1ccc(C(=O)N2CCC(c3ncc4c(n3)CCN(C)C4)CC2)cc1. The molecule has 0 aliphatic carbocycles. The summed E-state index contributed by atoms with van der Waals surface area (Å²) in [5.41, 5.74) is 4.28. The van der Waals surface area contributed by atoms with Gasteiger partial charge in [-0.1, -0.05) is 12.1 Å². The number of piperidine rings is 1. The molecule has 0 spiro atoms. The van der Waals surface area contributed by atoms with E-state index in [4.69, 9.17) is 9.72 Å². The summed E-state index contributed by atoms with van der Waals surface area (Å²) in [6.45, 7) is 4.07. The number of carbonyl (C=O) groups is 1. The Morgan fingerprint density at radius 2 is 1.93 bits per heavy atom. The minimum absolute atomic E-state index is 0.108. The van der Waals surface area contributed by atoms with Gasteiger partial charge in [-0.15, -0.1) is 0 Å².